The molecule has 2 amide bonds. The molecule has 1 unspecified atom stereocenters. The van der Waals surface area contributed by atoms with E-state index in [-0.39, 0.29) is 37.0 Å². The van der Waals surface area contributed by atoms with E-state index in [0.29, 0.717) is 30.3 Å². The summed E-state index contributed by atoms with van der Waals surface area (Å²) in [6.45, 7) is 0.810. The highest BCUT2D eigenvalue weighted by atomic mass is 19.4. The van der Waals surface area contributed by atoms with E-state index in [9.17, 15) is 27.9 Å². The molecule has 1 atom stereocenters. The standard InChI is InChI=1S/C22H23F3N2O4/c1-21(30,22(23,24)25)16-6-3-14(4-7-16)12-27-18-9-8-17(26-19(28)13-31-2)11-15(18)5-10-20(27)29/h3-4,6-9,11,30H,5,10,12-13H2,1-2H3,(H,26,28). The van der Waals surface area contributed by atoms with E-state index in [4.69, 9.17) is 4.74 Å². The smallest absolute Gasteiger partial charge is 0.376 e. The molecule has 0 fully saturated rings. The van der Waals surface area contributed by atoms with Crippen molar-refractivity contribution in [1.29, 1.82) is 0 Å². The van der Waals surface area contributed by atoms with Crippen molar-refractivity contribution in [1.82, 2.24) is 0 Å². The van der Waals surface area contributed by atoms with Gasteiger partial charge < -0.3 is 20.1 Å². The molecule has 1 aliphatic rings. The van der Waals surface area contributed by atoms with Gasteiger partial charge in [-0.1, -0.05) is 24.3 Å². The fourth-order valence-electron chi connectivity index (χ4n) is 3.42. The van der Waals surface area contributed by atoms with Gasteiger partial charge in [-0.15, -0.1) is 0 Å². The third kappa shape index (κ3) is 4.88. The van der Waals surface area contributed by atoms with Gasteiger partial charge in [0.05, 0.1) is 6.54 Å². The first-order valence-corrected chi connectivity index (χ1v) is 9.63. The number of alkyl halides is 3. The minimum atomic E-state index is -4.80. The second-order valence-corrected chi connectivity index (χ2v) is 7.57. The van der Waals surface area contributed by atoms with Crippen molar-refractivity contribution in [2.24, 2.45) is 0 Å². The number of aryl methyl sites for hydroxylation is 1. The van der Waals surface area contributed by atoms with Crippen LogP contribution in [0.25, 0.3) is 0 Å². The number of carbonyl (C=O) groups excluding carboxylic acids is 2. The Morgan fingerprint density at radius 3 is 2.45 bits per heavy atom. The van der Waals surface area contributed by atoms with Crippen molar-refractivity contribution in [3.63, 3.8) is 0 Å². The van der Waals surface area contributed by atoms with Crippen LogP contribution in [0.4, 0.5) is 24.5 Å². The Balaban J connectivity index is 1.80. The second-order valence-electron chi connectivity index (χ2n) is 7.57. The normalized spacial score (nSPS) is 15.9. The van der Waals surface area contributed by atoms with Gasteiger partial charge in [-0.05, 0) is 48.2 Å². The first-order chi connectivity index (χ1) is 14.5. The molecule has 0 aliphatic carbocycles. The number of halogens is 3. The third-order valence-corrected chi connectivity index (χ3v) is 5.25. The molecule has 1 aliphatic heterocycles. The van der Waals surface area contributed by atoms with Gasteiger partial charge in [0.15, 0.2) is 5.60 Å². The molecule has 9 heteroatoms. The van der Waals surface area contributed by atoms with Gasteiger partial charge in [0.25, 0.3) is 0 Å². The lowest BCUT2D eigenvalue weighted by Crippen LogP contribution is -2.39. The fourth-order valence-corrected chi connectivity index (χ4v) is 3.42. The van der Waals surface area contributed by atoms with Crippen LogP contribution in [0.2, 0.25) is 0 Å². The molecular weight excluding hydrogens is 413 g/mol. The number of anilines is 2. The number of fused-ring (bicyclic) bond motifs is 1. The van der Waals surface area contributed by atoms with Crippen LogP contribution in [0.15, 0.2) is 42.5 Å². The zero-order chi connectivity index (χ0) is 22.8. The molecule has 0 radical (unpaired) electrons. The van der Waals surface area contributed by atoms with Crippen molar-refractivity contribution in [3.8, 4) is 0 Å². The van der Waals surface area contributed by atoms with Gasteiger partial charge in [-0.2, -0.15) is 13.2 Å². The molecule has 2 N–H and O–H groups in total. The summed E-state index contributed by atoms with van der Waals surface area (Å²) in [7, 11) is 1.42. The zero-order valence-corrected chi connectivity index (χ0v) is 17.1. The van der Waals surface area contributed by atoms with E-state index >= 15 is 0 Å². The van der Waals surface area contributed by atoms with Crippen molar-refractivity contribution in [3.05, 3.63) is 59.2 Å². The fraction of sp³-hybridized carbons (Fsp3) is 0.364. The molecule has 0 aromatic heterocycles. The number of aliphatic hydroxyl groups is 1. The molecule has 2 aromatic rings. The highest BCUT2D eigenvalue weighted by Crippen LogP contribution is 2.38. The molecule has 1 heterocycles. The van der Waals surface area contributed by atoms with E-state index in [1.54, 1.807) is 23.1 Å². The number of methoxy groups -OCH3 is 1. The third-order valence-electron chi connectivity index (χ3n) is 5.25. The molecule has 166 valence electrons. The maximum atomic E-state index is 13.0. The Bertz CT molecular complexity index is 972. The maximum Gasteiger partial charge on any atom is 0.421 e. The van der Waals surface area contributed by atoms with Crippen LogP contribution in [0.1, 0.15) is 30.0 Å². The molecular formula is C22H23F3N2O4. The Morgan fingerprint density at radius 1 is 1.16 bits per heavy atom. The van der Waals surface area contributed by atoms with Crippen LogP contribution in [0.3, 0.4) is 0 Å². The number of hydrogen-bond acceptors (Lipinski definition) is 4. The van der Waals surface area contributed by atoms with E-state index in [1.807, 2.05) is 0 Å². The predicted octanol–water partition coefficient (Wildman–Crippen LogP) is 3.52. The summed E-state index contributed by atoms with van der Waals surface area (Å²) in [6.07, 6.45) is -4.00. The lowest BCUT2D eigenvalue weighted by molar-refractivity contribution is -0.258. The molecule has 0 bridgehead atoms. The highest BCUT2D eigenvalue weighted by Gasteiger charge is 2.51. The van der Waals surface area contributed by atoms with Crippen LogP contribution in [-0.2, 0) is 32.9 Å². The van der Waals surface area contributed by atoms with Crippen molar-refractivity contribution in [2.75, 3.05) is 23.9 Å². The first kappa shape index (κ1) is 22.8. The topological polar surface area (TPSA) is 78.9 Å². The SMILES string of the molecule is COCC(=O)Nc1ccc2c(c1)CCC(=O)N2Cc1ccc(C(C)(O)C(F)(F)F)cc1. The average molecular weight is 436 g/mol. The maximum absolute atomic E-state index is 13.0. The van der Waals surface area contributed by atoms with Crippen molar-refractivity contribution >= 4 is 23.2 Å². The Kier molecular flexibility index (Phi) is 6.38. The Labute approximate surface area is 177 Å². The van der Waals surface area contributed by atoms with Gasteiger partial charge in [0.2, 0.25) is 11.8 Å². The summed E-state index contributed by atoms with van der Waals surface area (Å²) >= 11 is 0. The molecule has 0 saturated carbocycles. The summed E-state index contributed by atoms with van der Waals surface area (Å²) in [4.78, 5) is 25.8. The molecule has 0 spiro atoms. The molecule has 2 aromatic carbocycles. The lowest BCUT2D eigenvalue weighted by Gasteiger charge is -2.30. The van der Waals surface area contributed by atoms with Crippen LogP contribution in [0, 0.1) is 0 Å². The monoisotopic (exact) mass is 436 g/mol. The number of benzene rings is 2. The number of hydrogen-bond donors (Lipinski definition) is 2. The minimum Gasteiger partial charge on any atom is -0.376 e. The van der Waals surface area contributed by atoms with E-state index in [2.05, 4.69) is 5.32 Å². The van der Waals surface area contributed by atoms with Crippen molar-refractivity contribution in [2.45, 2.75) is 38.1 Å². The van der Waals surface area contributed by atoms with Crippen LogP contribution < -0.4 is 10.2 Å². The zero-order valence-electron chi connectivity index (χ0n) is 17.1. The Morgan fingerprint density at radius 2 is 1.84 bits per heavy atom. The first-order valence-electron chi connectivity index (χ1n) is 9.63. The molecule has 6 nitrogen and oxygen atoms in total. The molecule has 3 rings (SSSR count). The summed E-state index contributed by atoms with van der Waals surface area (Å²) in [5.74, 6) is -0.393. The number of nitrogens with zero attached hydrogens (tertiary/aromatic N) is 1. The van der Waals surface area contributed by atoms with Gasteiger partial charge in [0.1, 0.15) is 6.61 Å². The van der Waals surface area contributed by atoms with Crippen molar-refractivity contribution < 1.29 is 32.6 Å². The second kappa shape index (κ2) is 8.68. The summed E-state index contributed by atoms with van der Waals surface area (Å²) in [5, 5.41) is 12.5. The summed E-state index contributed by atoms with van der Waals surface area (Å²) < 4.78 is 43.9. The number of ether oxygens (including phenoxy) is 1. The minimum absolute atomic E-state index is 0.0705. The lowest BCUT2D eigenvalue weighted by atomic mass is 9.94. The van der Waals surface area contributed by atoms with E-state index in [0.717, 1.165) is 5.56 Å². The summed E-state index contributed by atoms with van der Waals surface area (Å²) in [6, 6.07) is 10.6. The summed E-state index contributed by atoms with van der Waals surface area (Å²) in [5.41, 5.74) is -0.443. The average Bonchev–Trinajstić information content (AvgIpc) is 2.70. The largest absolute Gasteiger partial charge is 0.421 e. The number of nitrogens with one attached hydrogen (secondary N) is 1. The molecule has 31 heavy (non-hydrogen) atoms. The van der Waals surface area contributed by atoms with Crippen LogP contribution >= 0.6 is 0 Å². The van der Waals surface area contributed by atoms with E-state index in [1.165, 1.54) is 31.4 Å². The number of amides is 2. The number of rotatable bonds is 6. The molecule has 0 saturated heterocycles. The van der Waals surface area contributed by atoms with Crippen LogP contribution in [0.5, 0.6) is 0 Å². The number of carbonyl (C=O) groups is 2. The van der Waals surface area contributed by atoms with Crippen LogP contribution in [-0.4, -0.2) is 36.8 Å². The highest BCUT2D eigenvalue weighted by molar-refractivity contribution is 5.97. The predicted molar refractivity (Wildman–Crippen MR) is 109 cm³/mol. The van der Waals surface area contributed by atoms with Gasteiger partial charge in [0, 0.05) is 24.9 Å². The quantitative estimate of drug-likeness (QED) is 0.726. The van der Waals surface area contributed by atoms with Gasteiger partial charge in [-0.25, -0.2) is 0 Å². The Hall–Kier alpha value is -2.91. The van der Waals surface area contributed by atoms with Gasteiger partial charge in [-0.3, -0.25) is 9.59 Å². The van der Waals surface area contributed by atoms with Gasteiger partial charge >= 0.3 is 6.18 Å². The van der Waals surface area contributed by atoms with E-state index < -0.39 is 11.8 Å².